The molecule has 0 heterocycles. The molecule has 0 radical (unpaired) electrons. The third-order valence-corrected chi connectivity index (χ3v) is 5.50. The summed E-state index contributed by atoms with van der Waals surface area (Å²) in [6.07, 6.45) is -1.94. The molecule has 1 aromatic rings. The standard InChI is InChI=1S/C10H9F4IO6S2/c11-9(12,10(13,14)23(18,19)20)5-6-21-22(16,17)8-3-1-7(15)2-4-8/h1-4H,5-6H2,(H,18,19,20). The van der Waals surface area contributed by atoms with E-state index < -0.39 is 44.4 Å². The number of benzene rings is 1. The zero-order chi connectivity index (χ0) is 18.1. The van der Waals surface area contributed by atoms with Gasteiger partial charge in [-0.1, -0.05) is 0 Å². The molecule has 1 N–H and O–H groups in total. The fraction of sp³-hybridized carbons (Fsp3) is 0.400. The van der Waals surface area contributed by atoms with Crippen LogP contribution >= 0.6 is 22.6 Å². The van der Waals surface area contributed by atoms with Gasteiger partial charge in [-0.25, -0.2) is 0 Å². The molecule has 0 fully saturated rings. The maximum Gasteiger partial charge on any atom is 0.431 e. The van der Waals surface area contributed by atoms with Crippen LogP contribution < -0.4 is 0 Å². The van der Waals surface area contributed by atoms with Crippen molar-refractivity contribution in [2.45, 2.75) is 22.5 Å². The largest absolute Gasteiger partial charge is 0.431 e. The maximum absolute atomic E-state index is 13.2. The minimum atomic E-state index is -6.37. The van der Waals surface area contributed by atoms with E-state index in [1.165, 1.54) is 12.1 Å². The highest BCUT2D eigenvalue weighted by Crippen LogP contribution is 2.40. The van der Waals surface area contributed by atoms with E-state index in [4.69, 9.17) is 4.55 Å². The number of alkyl halides is 4. The van der Waals surface area contributed by atoms with Crippen LogP contribution in [0, 0.1) is 3.57 Å². The van der Waals surface area contributed by atoms with Crippen molar-refractivity contribution in [3.8, 4) is 0 Å². The average molecular weight is 492 g/mol. The van der Waals surface area contributed by atoms with Gasteiger partial charge in [-0.05, 0) is 46.9 Å². The molecule has 0 amide bonds. The van der Waals surface area contributed by atoms with Gasteiger partial charge in [0.2, 0.25) is 0 Å². The molecule has 0 bridgehead atoms. The molecule has 1 aromatic carbocycles. The van der Waals surface area contributed by atoms with Crippen molar-refractivity contribution in [2.75, 3.05) is 6.61 Å². The van der Waals surface area contributed by atoms with E-state index in [2.05, 4.69) is 4.18 Å². The second-order valence-corrected chi connectivity index (χ2v) is 8.50. The molecule has 0 saturated carbocycles. The van der Waals surface area contributed by atoms with Crippen LogP contribution in [-0.4, -0.2) is 39.2 Å². The summed E-state index contributed by atoms with van der Waals surface area (Å²) in [6.45, 7) is -1.41. The lowest BCUT2D eigenvalue weighted by Gasteiger charge is -2.23. The predicted molar refractivity (Wildman–Crippen MR) is 78.4 cm³/mol. The summed E-state index contributed by atoms with van der Waals surface area (Å²) >= 11 is 1.88. The van der Waals surface area contributed by atoms with Crippen LogP contribution in [0.5, 0.6) is 0 Å². The first kappa shape index (κ1) is 20.5. The van der Waals surface area contributed by atoms with E-state index in [-0.39, 0.29) is 4.90 Å². The quantitative estimate of drug-likeness (QED) is 0.272. The summed E-state index contributed by atoms with van der Waals surface area (Å²) in [4.78, 5) is -0.386. The Hall–Kier alpha value is -0.510. The Labute approximate surface area is 142 Å². The molecule has 0 aromatic heterocycles. The number of rotatable bonds is 7. The molecule has 13 heteroatoms. The van der Waals surface area contributed by atoms with Crippen LogP contribution in [0.25, 0.3) is 0 Å². The lowest BCUT2D eigenvalue weighted by atomic mass is 10.2. The molecule has 132 valence electrons. The highest BCUT2D eigenvalue weighted by Gasteiger charge is 2.65. The first-order chi connectivity index (χ1) is 10.2. The zero-order valence-corrected chi connectivity index (χ0v) is 14.7. The van der Waals surface area contributed by atoms with Gasteiger partial charge in [-0.3, -0.25) is 8.74 Å². The Balaban J connectivity index is 2.81. The van der Waals surface area contributed by atoms with Crippen molar-refractivity contribution in [1.82, 2.24) is 0 Å². The lowest BCUT2D eigenvalue weighted by molar-refractivity contribution is -0.167. The summed E-state index contributed by atoms with van der Waals surface area (Å²) in [5.41, 5.74) is 0. The molecular weight excluding hydrogens is 483 g/mol. The molecule has 0 saturated heterocycles. The Morgan fingerprint density at radius 3 is 1.96 bits per heavy atom. The summed E-state index contributed by atoms with van der Waals surface area (Å²) in [7, 11) is -10.8. The topological polar surface area (TPSA) is 97.7 Å². The van der Waals surface area contributed by atoms with Gasteiger partial charge in [0.15, 0.2) is 0 Å². The van der Waals surface area contributed by atoms with Gasteiger partial charge in [0.1, 0.15) is 0 Å². The molecule has 0 aliphatic rings. The van der Waals surface area contributed by atoms with Crippen LogP contribution in [0.1, 0.15) is 6.42 Å². The first-order valence-corrected chi connectivity index (χ1v) is 9.51. The Kier molecular flexibility index (Phi) is 6.05. The van der Waals surface area contributed by atoms with Crippen molar-refractivity contribution in [3.63, 3.8) is 0 Å². The molecular formula is C10H9F4IO6S2. The van der Waals surface area contributed by atoms with Crippen molar-refractivity contribution in [2.24, 2.45) is 0 Å². The molecule has 0 aliphatic carbocycles. The fourth-order valence-corrected chi connectivity index (χ4v) is 3.03. The van der Waals surface area contributed by atoms with Crippen LogP contribution in [0.15, 0.2) is 29.2 Å². The highest BCUT2D eigenvalue weighted by atomic mass is 127. The summed E-state index contributed by atoms with van der Waals surface area (Å²) in [5.74, 6) is -5.22. The maximum atomic E-state index is 13.2. The van der Waals surface area contributed by atoms with Crippen LogP contribution in [-0.2, 0) is 24.4 Å². The van der Waals surface area contributed by atoms with Crippen molar-refractivity contribution >= 4 is 42.8 Å². The molecule has 0 atom stereocenters. The third kappa shape index (κ3) is 4.74. The summed E-state index contributed by atoms with van der Waals surface area (Å²) in [5, 5.41) is -5.77. The van der Waals surface area contributed by atoms with E-state index in [1.54, 1.807) is 0 Å². The minimum Gasteiger partial charge on any atom is -0.281 e. The second-order valence-electron chi connectivity index (χ2n) is 4.18. The molecule has 1 rings (SSSR count). The van der Waals surface area contributed by atoms with Crippen LogP contribution in [0.2, 0.25) is 0 Å². The van der Waals surface area contributed by atoms with Gasteiger partial charge >= 0.3 is 21.3 Å². The molecule has 6 nitrogen and oxygen atoms in total. The SMILES string of the molecule is O=S(=O)(OCCC(F)(F)C(F)(F)S(=O)(=O)O)c1ccc(I)cc1. The second kappa shape index (κ2) is 6.78. The molecule has 0 aliphatic heterocycles. The zero-order valence-electron chi connectivity index (χ0n) is 10.9. The molecule has 0 unspecified atom stereocenters. The minimum absolute atomic E-state index is 0.386. The molecule has 0 spiro atoms. The Morgan fingerprint density at radius 1 is 1.04 bits per heavy atom. The first-order valence-electron chi connectivity index (χ1n) is 5.58. The highest BCUT2D eigenvalue weighted by molar-refractivity contribution is 14.1. The normalized spacial score (nSPS) is 14.0. The average Bonchev–Trinajstić information content (AvgIpc) is 2.37. The van der Waals surface area contributed by atoms with E-state index in [0.29, 0.717) is 3.57 Å². The Morgan fingerprint density at radius 2 is 1.52 bits per heavy atom. The number of hydrogen-bond donors (Lipinski definition) is 1. The predicted octanol–water partition coefficient (Wildman–Crippen LogP) is 2.50. The van der Waals surface area contributed by atoms with E-state index in [0.717, 1.165) is 12.1 Å². The van der Waals surface area contributed by atoms with Crippen LogP contribution in [0.3, 0.4) is 0 Å². The van der Waals surface area contributed by atoms with Gasteiger partial charge in [0.25, 0.3) is 10.1 Å². The van der Waals surface area contributed by atoms with Crippen molar-refractivity contribution in [3.05, 3.63) is 27.8 Å². The van der Waals surface area contributed by atoms with E-state index in [9.17, 15) is 34.4 Å². The van der Waals surface area contributed by atoms with Crippen LogP contribution in [0.4, 0.5) is 17.6 Å². The van der Waals surface area contributed by atoms with Gasteiger partial charge < -0.3 is 0 Å². The van der Waals surface area contributed by atoms with Crippen molar-refractivity contribution < 1.29 is 43.1 Å². The summed E-state index contributed by atoms with van der Waals surface area (Å²) < 4.78 is 109. The Bertz CT molecular complexity index is 761. The third-order valence-electron chi connectivity index (χ3n) is 2.51. The number of halogens is 5. The van der Waals surface area contributed by atoms with Gasteiger partial charge in [0, 0.05) is 9.99 Å². The monoisotopic (exact) mass is 492 g/mol. The van der Waals surface area contributed by atoms with Crippen molar-refractivity contribution in [1.29, 1.82) is 0 Å². The number of hydrogen-bond acceptors (Lipinski definition) is 5. The van der Waals surface area contributed by atoms with Gasteiger partial charge in [0.05, 0.1) is 11.5 Å². The lowest BCUT2D eigenvalue weighted by Crippen LogP contribution is -2.47. The van der Waals surface area contributed by atoms with E-state index >= 15 is 0 Å². The van der Waals surface area contributed by atoms with E-state index in [1.807, 2.05) is 22.6 Å². The smallest absolute Gasteiger partial charge is 0.281 e. The fourth-order valence-electron chi connectivity index (χ4n) is 1.28. The van der Waals surface area contributed by atoms with Gasteiger partial charge in [-0.15, -0.1) is 0 Å². The summed E-state index contributed by atoms with van der Waals surface area (Å²) in [6, 6.07) is 5.00. The molecule has 23 heavy (non-hydrogen) atoms. The van der Waals surface area contributed by atoms with Gasteiger partial charge in [-0.2, -0.15) is 34.4 Å².